The fraction of sp³-hybridized carbons (Fsp3) is 0.467. The van der Waals surface area contributed by atoms with E-state index in [0.717, 1.165) is 41.8 Å². The highest BCUT2D eigenvalue weighted by atomic mass is 32.2. The Morgan fingerprint density at radius 2 is 2.15 bits per heavy atom. The van der Waals surface area contributed by atoms with Crippen LogP contribution < -0.4 is 5.32 Å². The van der Waals surface area contributed by atoms with Gasteiger partial charge in [-0.05, 0) is 44.2 Å². The minimum Gasteiger partial charge on any atom is -0.421 e. The van der Waals surface area contributed by atoms with Gasteiger partial charge in [-0.1, -0.05) is 12.1 Å². The molecule has 0 unspecified atom stereocenters. The van der Waals surface area contributed by atoms with E-state index in [-0.39, 0.29) is 0 Å². The SMILES string of the molecule is CSc1ccccc1-c1nnc(CCCNC2CC2)o1. The highest BCUT2D eigenvalue weighted by Crippen LogP contribution is 2.29. The topological polar surface area (TPSA) is 51.0 Å². The van der Waals surface area contributed by atoms with E-state index in [9.17, 15) is 0 Å². The summed E-state index contributed by atoms with van der Waals surface area (Å²) in [5.74, 6) is 1.36. The molecule has 1 saturated carbocycles. The monoisotopic (exact) mass is 289 g/mol. The predicted molar refractivity (Wildman–Crippen MR) is 80.9 cm³/mol. The van der Waals surface area contributed by atoms with E-state index in [1.807, 2.05) is 18.2 Å². The van der Waals surface area contributed by atoms with Crippen molar-refractivity contribution >= 4 is 11.8 Å². The summed E-state index contributed by atoms with van der Waals surface area (Å²) in [6.45, 7) is 1.03. The van der Waals surface area contributed by atoms with Gasteiger partial charge >= 0.3 is 0 Å². The Kier molecular flexibility index (Phi) is 4.38. The summed E-state index contributed by atoms with van der Waals surface area (Å²) >= 11 is 1.69. The van der Waals surface area contributed by atoms with Crippen LogP contribution >= 0.6 is 11.8 Å². The van der Waals surface area contributed by atoms with Gasteiger partial charge in [0.2, 0.25) is 11.8 Å². The largest absolute Gasteiger partial charge is 0.421 e. The van der Waals surface area contributed by atoms with Crippen molar-refractivity contribution in [2.24, 2.45) is 0 Å². The van der Waals surface area contributed by atoms with E-state index in [1.54, 1.807) is 11.8 Å². The number of nitrogens with one attached hydrogen (secondary N) is 1. The van der Waals surface area contributed by atoms with Crippen LogP contribution in [0.3, 0.4) is 0 Å². The van der Waals surface area contributed by atoms with Crippen LogP contribution in [0.5, 0.6) is 0 Å². The first-order chi connectivity index (χ1) is 9.86. The first-order valence-corrected chi connectivity index (χ1v) is 8.28. The molecule has 1 heterocycles. The van der Waals surface area contributed by atoms with Crippen molar-refractivity contribution in [1.29, 1.82) is 0 Å². The van der Waals surface area contributed by atoms with Gasteiger partial charge in [-0.3, -0.25) is 0 Å². The number of aryl methyl sites for hydroxylation is 1. The Balaban J connectivity index is 1.60. The normalized spacial score (nSPS) is 14.7. The van der Waals surface area contributed by atoms with Gasteiger partial charge in [-0.2, -0.15) is 0 Å². The summed E-state index contributed by atoms with van der Waals surface area (Å²) in [7, 11) is 0. The van der Waals surface area contributed by atoms with Gasteiger partial charge < -0.3 is 9.73 Å². The Labute approximate surface area is 123 Å². The van der Waals surface area contributed by atoms with Gasteiger partial charge in [0.15, 0.2) is 0 Å². The Hall–Kier alpha value is -1.33. The van der Waals surface area contributed by atoms with Crippen LogP contribution in [0.25, 0.3) is 11.5 Å². The lowest BCUT2D eigenvalue weighted by Gasteiger charge is -2.01. The average Bonchev–Trinajstić information content (AvgIpc) is 3.20. The highest BCUT2D eigenvalue weighted by Gasteiger charge is 2.19. The third-order valence-electron chi connectivity index (χ3n) is 3.38. The van der Waals surface area contributed by atoms with Gasteiger partial charge in [0.25, 0.3) is 0 Å². The van der Waals surface area contributed by atoms with E-state index in [1.165, 1.54) is 12.8 Å². The summed E-state index contributed by atoms with van der Waals surface area (Å²) < 4.78 is 5.77. The van der Waals surface area contributed by atoms with E-state index < -0.39 is 0 Å². The van der Waals surface area contributed by atoms with Crippen LogP contribution in [-0.2, 0) is 6.42 Å². The van der Waals surface area contributed by atoms with Gasteiger partial charge in [-0.25, -0.2) is 0 Å². The lowest BCUT2D eigenvalue weighted by molar-refractivity contribution is 0.490. The maximum atomic E-state index is 5.77. The zero-order chi connectivity index (χ0) is 13.8. The second-order valence-electron chi connectivity index (χ2n) is 5.03. The fourth-order valence-electron chi connectivity index (χ4n) is 2.12. The van der Waals surface area contributed by atoms with Crippen molar-refractivity contribution in [2.75, 3.05) is 12.8 Å². The van der Waals surface area contributed by atoms with Crippen molar-refractivity contribution in [1.82, 2.24) is 15.5 Å². The van der Waals surface area contributed by atoms with Gasteiger partial charge in [0.1, 0.15) is 0 Å². The van der Waals surface area contributed by atoms with Crippen molar-refractivity contribution in [3.05, 3.63) is 30.2 Å². The van der Waals surface area contributed by atoms with Crippen molar-refractivity contribution in [3.8, 4) is 11.5 Å². The van der Waals surface area contributed by atoms with Gasteiger partial charge in [0.05, 0.1) is 5.56 Å². The number of hydrogen-bond donors (Lipinski definition) is 1. The molecule has 5 heteroatoms. The zero-order valence-corrected chi connectivity index (χ0v) is 12.4. The Morgan fingerprint density at radius 1 is 1.30 bits per heavy atom. The highest BCUT2D eigenvalue weighted by molar-refractivity contribution is 7.98. The number of nitrogens with zero attached hydrogens (tertiary/aromatic N) is 2. The fourth-order valence-corrected chi connectivity index (χ4v) is 2.71. The summed E-state index contributed by atoms with van der Waals surface area (Å²) in [6.07, 6.45) is 6.60. The van der Waals surface area contributed by atoms with Crippen LogP contribution in [0.1, 0.15) is 25.2 Å². The molecule has 2 aromatic rings. The Morgan fingerprint density at radius 3 is 2.95 bits per heavy atom. The predicted octanol–water partition coefficient (Wildman–Crippen LogP) is 3.14. The molecular weight excluding hydrogens is 270 g/mol. The standard InChI is InChI=1S/C15H19N3OS/c1-20-13-6-3-2-5-12(13)15-18-17-14(19-15)7-4-10-16-11-8-9-11/h2-3,5-6,11,16H,4,7-10H2,1H3. The molecule has 1 aromatic carbocycles. The number of benzene rings is 1. The third kappa shape index (κ3) is 3.41. The van der Waals surface area contributed by atoms with Crippen molar-refractivity contribution < 1.29 is 4.42 Å². The summed E-state index contributed by atoms with van der Waals surface area (Å²) in [4.78, 5) is 1.16. The molecule has 1 aliphatic carbocycles. The third-order valence-corrected chi connectivity index (χ3v) is 4.18. The zero-order valence-electron chi connectivity index (χ0n) is 11.6. The average molecular weight is 289 g/mol. The molecule has 20 heavy (non-hydrogen) atoms. The second-order valence-corrected chi connectivity index (χ2v) is 5.88. The van der Waals surface area contributed by atoms with Gasteiger partial charge in [-0.15, -0.1) is 22.0 Å². The first-order valence-electron chi connectivity index (χ1n) is 7.06. The molecule has 0 bridgehead atoms. The number of hydrogen-bond acceptors (Lipinski definition) is 5. The first kappa shape index (κ1) is 13.6. The maximum Gasteiger partial charge on any atom is 0.248 e. The minimum atomic E-state index is 0.625. The number of aromatic nitrogens is 2. The lowest BCUT2D eigenvalue weighted by atomic mass is 10.2. The van der Waals surface area contributed by atoms with Gasteiger partial charge in [0, 0.05) is 17.4 Å². The quantitative estimate of drug-likeness (QED) is 0.627. The smallest absolute Gasteiger partial charge is 0.248 e. The molecule has 1 N–H and O–H groups in total. The second kappa shape index (κ2) is 6.41. The molecule has 0 amide bonds. The molecule has 0 radical (unpaired) electrons. The van der Waals surface area contributed by atoms with Crippen LogP contribution in [0.2, 0.25) is 0 Å². The van der Waals surface area contributed by atoms with E-state index in [0.29, 0.717) is 5.89 Å². The molecule has 0 spiro atoms. The molecule has 0 saturated heterocycles. The van der Waals surface area contributed by atoms with E-state index >= 15 is 0 Å². The molecule has 4 nitrogen and oxygen atoms in total. The summed E-state index contributed by atoms with van der Waals surface area (Å²) in [6, 6.07) is 8.89. The molecule has 1 fully saturated rings. The molecule has 0 atom stereocenters. The molecular formula is C15H19N3OS. The molecule has 106 valence electrons. The number of rotatable bonds is 7. The minimum absolute atomic E-state index is 0.625. The summed E-state index contributed by atoms with van der Waals surface area (Å²) in [5, 5.41) is 11.8. The van der Waals surface area contributed by atoms with Crippen molar-refractivity contribution in [3.63, 3.8) is 0 Å². The van der Waals surface area contributed by atoms with Crippen LogP contribution in [-0.4, -0.2) is 29.0 Å². The Bertz CT molecular complexity index is 566. The maximum absolute atomic E-state index is 5.77. The molecule has 1 aromatic heterocycles. The van der Waals surface area contributed by atoms with E-state index in [2.05, 4.69) is 27.8 Å². The summed E-state index contributed by atoms with van der Waals surface area (Å²) in [5.41, 5.74) is 1.02. The molecule has 0 aliphatic heterocycles. The molecule has 3 rings (SSSR count). The van der Waals surface area contributed by atoms with E-state index in [4.69, 9.17) is 4.42 Å². The number of thioether (sulfide) groups is 1. The van der Waals surface area contributed by atoms with Crippen LogP contribution in [0.15, 0.2) is 33.6 Å². The van der Waals surface area contributed by atoms with Crippen molar-refractivity contribution in [2.45, 2.75) is 36.6 Å². The lowest BCUT2D eigenvalue weighted by Crippen LogP contribution is -2.17. The van der Waals surface area contributed by atoms with Crippen LogP contribution in [0.4, 0.5) is 0 Å². The van der Waals surface area contributed by atoms with Crippen LogP contribution in [0, 0.1) is 0 Å². The molecule has 1 aliphatic rings.